The zero-order chi connectivity index (χ0) is 19.9. The molecule has 0 spiro atoms. The van der Waals surface area contributed by atoms with Gasteiger partial charge in [0.05, 0.1) is 6.54 Å². The third-order valence-corrected chi connectivity index (χ3v) is 6.72. The third kappa shape index (κ3) is 7.43. The Kier molecular flexibility index (Phi) is 8.58. The molecular weight excluding hydrogens is 380 g/mol. The first-order chi connectivity index (χ1) is 12.8. The number of hydrogen-bond acceptors (Lipinski definition) is 3. The van der Waals surface area contributed by atoms with Crippen LogP contribution in [0.15, 0.2) is 29.3 Å². The first-order valence-electron chi connectivity index (χ1n) is 9.68. The van der Waals surface area contributed by atoms with E-state index in [1.54, 1.807) is 0 Å². The molecule has 27 heavy (non-hydrogen) atoms. The third-order valence-electron chi connectivity index (χ3n) is 4.55. The zero-order valence-corrected chi connectivity index (χ0v) is 18.6. The second-order valence-corrected chi connectivity index (χ2v) is 10.5. The van der Waals surface area contributed by atoms with Crippen LogP contribution in [0.3, 0.4) is 0 Å². The van der Waals surface area contributed by atoms with Crippen molar-refractivity contribution in [3.05, 3.63) is 34.9 Å². The number of rotatable bonds is 6. The van der Waals surface area contributed by atoms with Crippen LogP contribution in [0, 0.1) is 0 Å². The van der Waals surface area contributed by atoms with E-state index in [4.69, 9.17) is 16.6 Å². The topological polar surface area (TPSA) is 47.9 Å². The quantitative estimate of drug-likeness (QED) is 0.576. The number of piperazine rings is 1. The van der Waals surface area contributed by atoms with Crippen molar-refractivity contribution < 1.29 is 4.21 Å². The summed E-state index contributed by atoms with van der Waals surface area (Å²) in [5.74, 6) is 1.55. The molecule has 1 aromatic rings. The number of benzene rings is 1. The van der Waals surface area contributed by atoms with Crippen LogP contribution in [0.2, 0.25) is 5.02 Å². The standard InChI is InChI=1S/C20H33ClN4OS/c1-5-22-19(23-10-15-27(26)20(2,3)4)25-13-11-24(12-14-25)16-17-6-8-18(21)9-7-17/h6-9H,5,10-16H2,1-4H3,(H,22,23). The van der Waals surface area contributed by atoms with E-state index in [2.05, 4.69) is 34.2 Å². The van der Waals surface area contributed by atoms with Gasteiger partial charge in [-0.2, -0.15) is 0 Å². The second kappa shape index (κ2) is 10.4. The molecule has 1 heterocycles. The molecular formula is C20H33ClN4OS. The molecule has 1 N–H and O–H groups in total. The van der Waals surface area contributed by atoms with Gasteiger partial charge in [-0.15, -0.1) is 0 Å². The Morgan fingerprint density at radius 2 is 1.81 bits per heavy atom. The number of halogens is 1. The Morgan fingerprint density at radius 1 is 1.19 bits per heavy atom. The molecule has 1 aromatic carbocycles. The summed E-state index contributed by atoms with van der Waals surface area (Å²) in [5, 5.41) is 4.16. The van der Waals surface area contributed by atoms with E-state index < -0.39 is 10.8 Å². The highest BCUT2D eigenvalue weighted by atomic mass is 35.5. The van der Waals surface area contributed by atoms with Gasteiger partial charge in [0.1, 0.15) is 0 Å². The van der Waals surface area contributed by atoms with Gasteiger partial charge in [0.15, 0.2) is 5.96 Å². The fourth-order valence-corrected chi connectivity index (χ4v) is 3.93. The van der Waals surface area contributed by atoms with Crippen molar-refractivity contribution in [1.82, 2.24) is 15.1 Å². The lowest BCUT2D eigenvalue weighted by Gasteiger charge is -2.36. The fourth-order valence-electron chi connectivity index (χ4n) is 2.93. The van der Waals surface area contributed by atoms with E-state index in [1.165, 1.54) is 5.56 Å². The van der Waals surface area contributed by atoms with Crippen molar-refractivity contribution in [2.45, 2.75) is 39.0 Å². The lowest BCUT2D eigenvalue weighted by atomic mass is 10.2. The van der Waals surface area contributed by atoms with E-state index in [0.717, 1.165) is 50.3 Å². The van der Waals surface area contributed by atoms with Gasteiger partial charge in [-0.25, -0.2) is 0 Å². The average molecular weight is 413 g/mol. The first-order valence-corrected chi connectivity index (χ1v) is 11.4. The fraction of sp³-hybridized carbons (Fsp3) is 0.650. The van der Waals surface area contributed by atoms with Gasteiger partial charge >= 0.3 is 0 Å². The molecule has 1 saturated heterocycles. The lowest BCUT2D eigenvalue weighted by Crippen LogP contribution is -2.52. The Balaban J connectivity index is 1.85. The Labute approximate surface area is 171 Å². The molecule has 7 heteroatoms. The predicted octanol–water partition coefficient (Wildman–Crippen LogP) is 2.97. The van der Waals surface area contributed by atoms with Crippen molar-refractivity contribution in [1.29, 1.82) is 0 Å². The van der Waals surface area contributed by atoms with Crippen LogP contribution in [0.1, 0.15) is 33.3 Å². The van der Waals surface area contributed by atoms with Crippen LogP contribution in [0.4, 0.5) is 0 Å². The van der Waals surface area contributed by atoms with Gasteiger partial charge in [-0.3, -0.25) is 14.1 Å². The largest absolute Gasteiger partial charge is 0.357 e. The summed E-state index contributed by atoms with van der Waals surface area (Å²) in [6, 6.07) is 8.08. The molecule has 5 nitrogen and oxygen atoms in total. The van der Waals surface area contributed by atoms with Crippen LogP contribution in [0.25, 0.3) is 0 Å². The molecule has 0 aromatic heterocycles. The SMILES string of the molecule is CCNC(=NCCS(=O)C(C)(C)C)N1CCN(Cc2ccc(Cl)cc2)CC1. The number of guanidine groups is 1. The van der Waals surface area contributed by atoms with Crippen LogP contribution in [-0.2, 0) is 17.3 Å². The summed E-state index contributed by atoms with van der Waals surface area (Å²) in [6.07, 6.45) is 0. The summed E-state index contributed by atoms with van der Waals surface area (Å²) in [7, 11) is -0.864. The van der Waals surface area contributed by atoms with Crippen molar-refractivity contribution in [2.75, 3.05) is 45.0 Å². The zero-order valence-electron chi connectivity index (χ0n) is 17.0. The maximum absolute atomic E-state index is 12.2. The van der Waals surface area contributed by atoms with Crippen LogP contribution >= 0.6 is 11.6 Å². The molecule has 0 aliphatic carbocycles. The number of nitrogens with zero attached hydrogens (tertiary/aromatic N) is 3. The van der Waals surface area contributed by atoms with E-state index in [9.17, 15) is 4.21 Å². The Hall–Kier alpha value is -1.11. The van der Waals surface area contributed by atoms with Crippen molar-refractivity contribution in [3.63, 3.8) is 0 Å². The summed E-state index contributed by atoms with van der Waals surface area (Å²) in [5.41, 5.74) is 1.29. The average Bonchev–Trinajstić information content (AvgIpc) is 2.63. The van der Waals surface area contributed by atoms with Crippen molar-refractivity contribution in [2.24, 2.45) is 4.99 Å². The summed E-state index contributed by atoms with van der Waals surface area (Å²) >= 11 is 5.96. The van der Waals surface area contributed by atoms with Crippen LogP contribution < -0.4 is 5.32 Å². The minimum absolute atomic E-state index is 0.179. The van der Waals surface area contributed by atoms with Gasteiger partial charge in [0, 0.05) is 65.6 Å². The number of aliphatic imine (C=N–C) groups is 1. The highest BCUT2D eigenvalue weighted by molar-refractivity contribution is 7.86. The monoisotopic (exact) mass is 412 g/mol. The summed E-state index contributed by atoms with van der Waals surface area (Å²) < 4.78 is 12.0. The minimum Gasteiger partial charge on any atom is -0.357 e. The summed E-state index contributed by atoms with van der Waals surface area (Å²) in [6.45, 7) is 14.4. The van der Waals surface area contributed by atoms with Gasteiger partial charge in [-0.1, -0.05) is 23.7 Å². The molecule has 1 fully saturated rings. The lowest BCUT2D eigenvalue weighted by molar-refractivity contribution is 0.172. The van der Waals surface area contributed by atoms with Gasteiger partial charge in [0.25, 0.3) is 0 Å². The van der Waals surface area contributed by atoms with Crippen LogP contribution in [-0.4, -0.2) is 69.7 Å². The first kappa shape index (κ1) is 22.2. The summed E-state index contributed by atoms with van der Waals surface area (Å²) in [4.78, 5) is 9.48. The normalized spacial score (nSPS) is 17.8. The van der Waals surface area contributed by atoms with E-state index in [0.29, 0.717) is 12.3 Å². The molecule has 1 atom stereocenters. The smallest absolute Gasteiger partial charge is 0.194 e. The maximum Gasteiger partial charge on any atom is 0.194 e. The van der Waals surface area contributed by atoms with E-state index in [-0.39, 0.29) is 4.75 Å². The molecule has 152 valence electrons. The number of nitrogens with one attached hydrogen (secondary N) is 1. The molecule has 0 saturated carbocycles. The highest BCUT2D eigenvalue weighted by Crippen LogP contribution is 2.13. The Morgan fingerprint density at radius 3 is 2.37 bits per heavy atom. The van der Waals surface area contributed by atoms with Crippen LogP contribution in [0.5, 0.6) is 0 Å². The molecule has 0 bridgehead atoms. The predicted molar refractivity (Wildman–Crippen MR) is 117 cm³/mol. The minimum atomic E-state index is -0.864. The maximum atomic E-state index is 12.2. The molecule has 0 amide bonds. The molecule has 1 aliphatic rings. The molecule has 1 aliphatic heterocycles. The molecule has 0 radical (unpaired) electrons. The van der Waals surface area contributed by atoms with Gasteiger partial charge in [-0.05, 0) is 45.4 Å². The number of hydrogen-bond donors (Lipinski definition) is 1. The van der Waals surface area contributed by atoms with Crippen molar-refractivity contribution >= 4 is 28.4 Å². The molecule has 1 unspecified atom stereocenters. The molecule has 2 rings (SSSR count). The Bertz CT molecular complexity index is 634. The highest BCUT2D eigenvalue weighted by Gasteiger charge is 2.21. The van der Waals surface area contributed by atoms with E-state index >= 15 is 0 Å². The van der Waals surface area contributed by atoms with Gasteiger partial charge < -0.3 is 10.2 Å². The van der Waals surface area contributed by atoms with E-state index in [1.807, 2.05) is 32.9 Å². The van der Waals surface area contributed by atoms with Gasteiger partial charge in [0.2, 0.25) is 0 Å². The second-order valence-electron chi connectivity index (χ2n) is 7.79. The van der Waals surface area contributed by atoms with Crippen molar-refractivity contribution in [3.8, 4) is 0 Å².